The van der Waals surface area contributed by atoms with Crippen LogP contribution in [0.2, 0.25) is 0 Å². The molecule has 0 aliphatic heterocycles. The van der Waals surface area contributed by atoms with Crippen LogP contribution in [0.15, 0.2) is 29.4 Å². The number of hydrazone groups is 1. The minimum absolute atomic E-state index is 0.00594. The maximum atomic E-state index is 10.8. The highest BCUT2D eigenvalue weighted by Gasteiger charge is 2.13. The number of tetrazole rings is 1. The fourth-order valence-corrected chi connectivity index (χ4v) is 1.23. The van der Waals surface area contributed by atoms with Gasteiger partial charge in [0.2, 0.25) is 11.5 Å². The molecule has 0 amide bonds. The van der Waals surface area contributed by atoms with Crippen LogP contribution in [-0.4, -0.2) is 31.3 Å². The molecule has 0 aliphatic carbocycles. The Kier molecular flexibility index (Phi) is 3.39. The lowest BCUT2D eigenvalue weighted by atomic mass is 10.3. The molecule has 1 aromatic carbocycles. The second-order valence-corrected chi connectivity index (χ2v) is 3.19. The quantitative estimate of drug-likeness (QED) is 0.459. The highest BCUT2D eigenvalue weighted by molar-refractivity contribution is 6.09. The van der Waals surface area contributed by atoms with Crippen LogP contribution in [0.25, 0.3) is 0 Å². The molecule has 94 valence electrons. The molecule has 1 aromatic heterocycles. The van der Waals surface area contributed by atoms with Crippen LogP contribution in [0.3, 0.4) is 0 Å². The number of para-hydroxylation sites is 2. The van der Waals surface area contributed by atoms with Crippen LogP contribution in [0.1, 0.15) is 5.82 Å². The van der Waals surface area contributed by atoms with Gasteiger partial charge in [-0.2, -0.15) is 15.6 Å². The van der Waals surface area contributed by atoms with Gasteiger partial charge in [-0.1, -0.05) is 12.1 Å². The predicted octanol–water partition coefficient (Wildman–Crippen LogP) is 0.448. The molecule has 0 radical (unpaired) electrons. The average Bonchev–Trinajstić information content (AvgIpc) is 2.94. The van der Waals surface area contributed by atoms with Gasteiger partial charge in [-0.05, 0) is 11.3 Å². The van der Waals surface area contributed by atoms with E-state index in [0.717, 1.165) is 0 Å². The van der Waals surface area contributed by atoms with Gasteiger partial charge in [0.15, 0.2) is 0 Å². The van der Waals surface area contributed by atoms with Crippen molar-refractivity contribution < 1.29 is 4.92 Å². The molecule has 2 aromatic rings. The Morgan fingerprint density at radius 2 is 2.32 bits per heavy atom. The van der Waals surface area contributed by atoms with Crippen LogP contribution < -0.4 is 5.43 Å². The third-order valence-electron chi connectivity index (χ3n) is 2.05. The van der Waals surface area contributed by atoms with E-state index in [4.69, 9.17) is 5.26 Å². The van der Waals surface area contributed by atoms with E-state index in [0.29, 0.717) is 0 Å². The molecule has 0 spiro atoms. The molecule has 0 bridgehead atoms. The van der Waals surface area contributed by atoms with Gasteiger partial charge >= 0.3 is 0 Å². The molecular formula is C9H6N8O2. The Labute approximate surface area is 105 Å². The molecule has 0 atom stereocenters. The summed E-state index contributed by atoms with van der Waals surface area (Å²) < 4.78 is 0. The minimum atomic E-state index is -0.557. The number of hydrogen-bond acceptors (Lipinski definition) is 8. The molecule has 2 rings (SSSR count). The van der Waals surface area contributed by atoms with E-state index in [1.807, 2.05) is 0 Å². The van der Waals surface area contributed by atoms with Crippen molar-refractivity contribution in [2.24, 2.45) is 5.10 Å². The van der Waals surface area contributed by atoms with Crippen molar-refractivity contribution in [3.63, 3.8) is 0 Å². The van der Waals surface area contributed by atoms with E-state index < -0.39 is 4.92 Å². The molecular weight excluding hydrogens is 252 g/mol. The average molecular weight is 258 g/mol. The van der Waals surface area contributed by atoms with Gasteiger partial charge < -0.3 is 0 Å². The lowest BCUT2D eigenvalue weighted by molar-refractivity contribution is -0.384. The summed E-state index contributed by atoms with van der Waals surface area (Å²) in [6.45, 7) is 0. The Hall–Kier alpha value is -3.35. The van der Waals surface area contributed by atoms with E-state index in [1.165, 1.54) is 18.2 Å². The number of H-pyrrole nitrogens is 1. The Balaban J connectivity index is 2.27. The zero-order valence-corrected chi connectivity index (χ0v) is 9.31. The molecule has 2 N–H and O–H groups in total. The third kappa shape index (κ3) is 2.67. The monoisotopic (exact) mass is 258 g/mol. The number of hydrogen-bond donors (Lipinski definition) is 2. The topological polar surface area (TPSA) is 146 Å². The molecule has 1 heterocycles. The number of nitrogens with zero attached hydrogens (tertiary/aromatic N) is 6. The molecule has 19 heavy (non-hydrogen) atoms. The zero-order chi connectivity index (χ0) is 13.7. The summed E-state index contributed by atoms with van der Waals surface area (Å²) in [5, 5.41) is 36.0. The molecule has 0 saturated carbocycles. The maximum absolute atomic E-state index is 10.8. The van der Waals surface area contributed by atoms with Gasteiger partial charge in [0.25, 0.3) is 5.69 Å². The van der Waals surface area contributed by atoms with Gasteiger partial charge in [0.1, 0.15) is 11.8 Å². The van der Waals surface area contributed by atoms with Crippen LogP contribution >= 0.6 is 0 Å². The fourth-order valence-electron chi connectivity index (χ4n) is 1.23. The molecule has 10 heteroatoms. The van der Waals surface area contributed by atoms with E-state index in [9.17, 15) is 10.1 Å². The van der Waals surface area contributed by atoms with E-state index in [1.54, 1.807) is 12.1 Å². The summed E-state index contributed by atoms with van der Waals surface area (Å²) in [6, 6.07) is 7.67. The van der Waals surface area contributed by atoms with Gasteiger partial charge in [-0.15, -0.1) is 10.2 Å². The summed E-state index contributed by atoms with van der Waals surface area (Å²) in [4.78, 5) is 10.2. The SMILES string of the molecule is N#C/C(=N\Nc1ccccc1[N+](=O)[O-])c1nn[nH]n1. The van der Waals surface area contributed by atoms with E-state index in [-0.39, 0.29) is 22.9 Å². The first-order valence-corrected chi connectivity index (χ1v) is 4.93. The highest BCUT2D eigenvalue weighted by atomic mass is 16.6. The first-order valence-electron chi connectivity index (χ1n) is 4.93. The third-order valence-corrected chi connectivity index (χ3v) is 2.05. The van der Waals surface area contributed by atoms with Crippen LogP contribution in [-0.2, 0) is 0 Å². The van der Waals surface area contributed by atoms with Crippen molar-refractivity contribution in [1.29, 1.82) is 5.26 Å². The molecule has 0 aliphatic rings. The van der Waals surface area contributed by atoms with E-state index >= 15 is 0 Å². The minimum Gasteiger partial charge on any atom is -0.270 e. The summed E-state index contributed by atoms with van der Waals surface area (Å²) in [5.41, 5.74) is 2.29. The smallest absolute Gasteiger partial charge is 0.270 e. The molecule has 0 saturated heterocycles. The number of benzene rings is 1. The number of nitro benzene ring substituents is 1. The highest BCUT2D eigenvalue weighted by Crippen LogP contribution is 2.22. The van der Waals surface area contributed by atoms with Gasteiger partial charge in [-0.3, -0.25) is 15.5 Å². The number of aromatic amines is 1. The zero-order valence-electron chi connectivity index (χ0n) is 9.31. The molecule has 0 unspecified atom stereocenters. The Morgan fingerprint density at radius 3 is 2.95 bits per heavy atom. The fraction of sp³-hybridized carbons (Fsp3) is 0. The van der Waals surface area contributed by atoms with Crippen molar-refractivity contribution >= 4 is 17.1 Å². The number of anilines is 1. The number of nitrogens with one attached hydrogen (secondary N) is 2. The lowest BCUT2D eigenvalue weighted by Gasteiger charge is -2.01. The first-order chi connectivity index (χ1) is 9.22. The van der Waals surface area contributed by atoms with Gasteiger partial charge in [0, 0.05) is 6.07 Å². The maximum Gasteiger partial charge on any atom is 0.294 e. The largest absolute Gasteiger partial charge is 0.294 e. The second kappa shape index (κ2) is 5.32. The predicted molar refractivity (Wildman–Crippen MR) is 63.0 cm³/mol. The normalized spacial score (nSPS) is 10.8. The van der Waals surface area contributed by atoms with Crippen molar-refractivity contribution in [2.45, 2.75) is 0 Å². The number of nitriles is 1. The Bertz CT molecular complexity index is 657. The van der Waals surface area contributed by atoms with Crippen LogP contribution in [0, 0.1) is 21.4 Å². The van der Waals surface area contributed by atoms with Crippen molar-refractivity contribution in [3.8, 4) is 6.07 Å². The number of rotatable bonds is 4. The van der Waals surface area contributed by atoms with E-state index in [2.05, 4.69) is 31.2 Å². The Morgan fingerprint density at radius 1 is 1.53 bits per heavy atom. The van der Waals surface area contributed by atoms with Crippen molar-refractivity contribution in [1.82, 2.24) is 20.6 Å². The first kappa shape index (κ1) is 12.1. The van der Waals surface area contributed by atoms with Gasteiger partial charge in [-0.25, -0.2) is 0 Å². The molecule has 0 fully saturated rings. The van der Waals surface area contributed by atoms with Gasteiger partial charge in [0.05, 0.1) is 4.92 Å². The van der Waals surface area contributed by atoms with Crippen molar-refractivity contribution in [2.75, 3.05) is 5.43 Å². The summed E-state index contributed by atoms with van der Waals surface area (Å²) >= 11 is 0. The second-order valence-electron chi connectivity index (χ2n) is 3.19. The standard InChI is InChI=1S/C9H6N8O2/c10-5-7(9-13-15-16-14-9)12-11-6-3-1-2-4-8(6)17(18)19/h1-4,11H,(H,13,14,15,16)/b12-7+. The lowest BCUT2D eigenvalue weighted by Crippen LogP contribution is -2.05. The van der Waals surface area contributed by atoms with Crippen LogP contribution in [0.5, 0.6) is 0 Å². The van der Waals surface area contributed by atoms with Crippen LogP contribution in [0.4, 0.5) is 11.4 Å². The number of nitro groups is 1. The summed E-state index contributed by atoms with van der Waals surface area (Å²) in [6.07, 6.45) is 0. The number of aromatic nitrogens is 4. The summed E-state index contributed by atoms with van der Waals surface area (Å²) in [5.74, 6) is -0.00594. The summed E-state index contributed by atoms with van der Waals surface area (Å²) in [7, 11) is 0. The molecule has 10 nitrogen and oxygen atoms in total. The van der Waals surface area contributed by atoms with Crippen molar-refractivity contribution in [3.05, 3.63) is 40.2 Å².